The van der Waals surface area contributed by atoms with E-state index in [4.69, 9.17) is 11.6 Å². The van der Waals surface area contributed by atoms with E-state index in [9.17, 15) is 0 Å². The smallest absolute Gasteiger partial charge is 0.222 e. The molecule has 0 aliphatic rings. The molecule has 0 amide bonds. The molecule has 0 radical (unpaired) electrons. The highest BCUT2D eigenvalue weighted by molar-refractivity contribution is 6.28. The zero-order chi connectivity index (χ0) is 11.1. The lowest BCUT2D eigenvalue weighted by atomic mass is 10.2. The Bertz CT molecular complexity index is 404. The van der Waals surface area contributed by atoms with Gasteiger partial charge in [0.05, 0.1) is 5.69 Å². The lowest BCUT2D eigenvalue weighted by molar-refractivity contribution is 1.17. The van der Waals surface area contributed by atoms with Gasteiger partial charge in [0.2, 0.25) is 5.28 Å². The molecule has 3 nitrogen and oxygen atoms in total. The molecule has 0 bridgehead atoms. The van der Waals surface area contributed by atoms with Crippen LogP contribution in [-0.2, 0) is 0 Å². The fraction of sp³-hybridized carbons (Fsp3) is 0.182. The van der Waals surface area contributed by atoms with E-state index < -0.39 is 0 Å². The topological polar surface area (TPSA) is 38.7 Å². The highest BCUT2D eigenvalue weighted by Gasteiger charge is 1.98. The molecule has 0 unspecified atom stereocenters. The number of hydrogen-bond donors (Lipinski definition) is 0. The van der Waals surface area contributed by atoms with E-state index in [0.29, 0.717) is 0 Å². The van der Waals surface area contributed by atoms with Crippen LogP contribution >= 0.6 is 11.6 Å². The third-order valence-electron chi connectivity index (χ3n) is 1.58. The van der Waals surface area contributed by atoms with Crippen LogP contribution in [0.4, 0.5) is 0 Å². The molecule has 15 heavy (non-hydrogen) atoms. The van der Waals surface area contributed by atoms with Crippen LogP contribution in [0.2, 0.25) is 5.28 Å². The van der Waals surface area contributed by atoms with Crippen molar-refractivity contribution in [3.05, 3.63) is 42.1 Å². The van der Waals surface area contributed by atoms with Gasteiger partial charge in [-0.25, -0.2) is 9.97 Å². The average Bonchev–Trinajstić information content (AvgIpc) is 2.33. The largest absolute Gasteiger partial charge is 0.264 e. The summed E-state index contributed by atoms with van der Waals surface area (Å²) in [5, 5.41) is 0.251. The minimum absolute atomic E-state index is 0.251. The van der Waals surface area contributed by atoms with Crippen molar-refractivity contribution in [1.82, 2.24) is 15.0 Å². The molecule has 0 aliphatic carbocycles. The van der Waals surface area contributed by atoms with Gasteiger partial charge in [0.15, 0.2) is 0 Å². The number of hydrogen-bond acceptors (Lipinski definition) is 3. The van der Waals surface area contributed by atoms with E-state index in [-0.39, 0.29) is 5.28 Å². The van der Waals surface area contributed by atoms with Crippen molar-refractivity contribution >= 4 is 11.6 Å². The molecule has 0 saturated heterocycles. The normalized spacial score (nSPS) is 9.00. The summed E-state index contributed by atoms with van der Waals surface area (Å²) >= 11 is 5.65. The zero-order valence-corrected chi connectivity index (χ0v) is 9.44. The summed E-state index contributed by atoms with van der Waals surface area (Å²) in [5.74, 6) is 0. The van der Waals surface area contributed by atoms with Gasteiger partial charge in [-0.2, -0.15) is 0 Å². The Balaban J connectivity index is 0.000000531. The van der Waals surface area contributed by atoms with Crippen molar-refractivity contribution in [3.63, 3.8) is 0 Å². The average molecular weight is 222 g/mol. The predicted octanol–water partition coefficient (Wildman–Crippen LogP) is 3.22. The summed E-state index contributed by atoms with van der Waals surface area (Å²) in [7, 11) is 0. The Hall–Kier alpha value is -1.48. The molecule has 2 heterocycles. The Morgan fingerprint density at radius 3 is 2.53 bits per heavy atom. The second-order valence-electron chi connectivity index (χ2n) is 2.45. The van der Waals surface area contributed by atoms with Crippen LogP contribution in [0.5, 0.6) is 0 Å². The van der Waals surface area contributed by atoms with Gasteiger partial charge in [-0.3, -0.25) is 4.98 Å². The molecule has 0 saturated carbocycles. The summed E-state index contributed by atoms with van der Waals surface area (Å²) < 4.78 is 0. The van der Waals surface area contributed by atoms with Crippen LogP contribution in [-0.4, -0.2) is 15.0 Å². The molecule has 0 fully saturated rings. The van der Waals surface area contributed by atoms with E-state index in [0.717, 1.165) is 11.3 Å². The molecule has 2 rings (SSSR count). The molecule has 78 valence electrons. The molecular weight excluding hydrogens is 210 g/mol. The van der Waals surface area contributed by atoms with Crippen LogP contribution in [0.25, 0.3) is 11.3 Å². The lowest BCUT2D eigenvalue weighted by Crippen LogP contribution is -1.86. The van der Waals surface area contributed by atoms with E-state index >= 15 is 0 Å². The summed E-state index contributed by atoms with van der Waals surface area (Å²) in [4.78, 5) is 11.8. The molecule has 0 atom stereocenters. The SMILES string of the molecule is CC.Clc1nccc(-c2cccnc2)n1. The zero-order valence-electron chi connectivity index (χ0n) is 8.68. The minimum Gasteiger partial charge on any atom is -0.264 e. The quantitative estimate of drug-likeness (QED) is 0.694. The Morgan fingerprint density at radius 2 is 1.93 bits per heavy atom. The van der Waals surface area contributed by atoms with E-state index in [2.05, 4.69) is 15.0 Å². The summed E-state index contributed by atoms with van der Waals surface area (Å²) in [6.07, 6.45) is 5.07. The van der Waals surface area contributed by atoms with E-state index in [1.807, 2.05) is 26.0 Å². The molecular formula is C11H12ClN3. The first-order valence-corrected chi connectivity index (χ1v) is 5.13. The van der Waals surface area contributed by atoms with Gasteiger partial charge in [-0.1, -0.05) is 13.8 Å². The Kier molecular flexibility index (Phi) is 4.71. The monoisotopic (exact) mass is 221 g/mol. The van der Waals surface area contributed by atoms with Crippen molar-refractivity contribution in [2.45, 2.75) is 13.8 Å². The molecule has 2 aromatic heterocycles. The van der Waals surface area contributed by atoms with Crippen LogP contribution in [0.15, 0.2) is 36.8 Å². The Labute approximate surface area is 94.2 Å². The van der Waals surface area contributed by atoms with E-state index in [1.54, 1.807) is 24.7 Å². The molecule has 0 spiro atoms. The van der Waals surface area contributed by atoms with Gasteiger partial charge in [-0.05, 0) is 29.8 Å². The van der Waals surface area contributed by atoms with Crippen molar-refractivity contribution in [2.24, 2.45) is 0 Å². The third-order valence-corrected chi connectivity index (χ3v) is 1.77. The van der Waals surface area contributed by atoms with Gasteiger partial charge in [0.25, 0.3) is 0 Å². The number of pyridine rings is 1. The maximum absolute atomic E-state index is 5.65. The third kappa shape index (κ3) is 3.29. The van der Waals surface area contributed by atoms with Crippen molar-refractivity contribution in [3.8, 4) is 11.3 Å². The predicted molar refractivity (Wildman–Crippen MR) is 61.6 cm³/mol. The van der Waals surface area contributed by atoms with Gasteiger partial charge < -0.3 is 0 Å². The minimum atomic E-state index is 0.251. The van der Waals surface area contributed by atoms with Crippen LogP contribution < -0.4 is 0 Å². The first-order chi connectivity index (χ1) is 7.36. The van der Waals surface area contributed by atoms with Crippen molar-refractivity contribution < 1.29 is 0 Å². The van der Waals surface area contributed by atoms with Gasteiger partial charge >= 0.3 is 0 Å². The number of nitrogens with zero attached hydrogens (tertiary/aromatic N) is 3. The summed E-state index contributed by atoms with van der Waals surface area (Å²) in [6.45, 7) is 4.00. The maximum atomic E-state index is 5.65. The van der Waals surface area contributed by atoms with Crippen LogP contribution in [0, 0.1) is 0 Å². The number of halogens is 1. The summed E-state index contributed by atoms with van der Waals surface area (Å²) in [5.41, 5.74) is 1.72. The number of rotatable bonds is 1. The Morgan fingerprint density at radius 1 is 1.13 bits per heavy atom. The lowest BCUT2D eigenvalue weighted by Gasteiger charge is -1.98. The molecule has 0 aromatic carbocycles. The molecule has 0 aliphatic heterocycles. The van der Waals surface area contributed by atoms with Gasteiger partial charge in [0.1, 0.15) is 0 Å². The highest BCUT2D eigenvalue weighted by atomic mass is 35.5. The first-order valence-electron chi connectivity index (χ1n) is 4.75. The van der Waals surface area contributed by atoms with E-state index in [1.165, 1.54) is 0 Å². The summed E-state index contributed by atoms with van der Waals surface area (Å²) in [6, 6.07) is 5.57. The highest BCUT2D eigenvalue weighted by Crippen LogP contribution is 2.15. The van der Waals surface area contributed by atoms with Gasteiger partial charge in [-0.15, -0.1) is 0 Å². The van der Waals surface area contributed by atoms with Crippen LogP contribution in [0.1, 0.15) is 13.8 Å². The molecule has 0 N–H and O–H groups in total. The fourth-order valence-corrected chi connectivity index (χ4v) is 1.16. The fourth-order valence-electron chi connectivity index (χ4n) is 1.01. The van der Waals surface area contributed by atoms with Gasteiger partial charge in [0, 0.05) is 24.2 Å². The molecule has 4 heteroatoms. The maximum Gasteiger partial charge on any atom is 0.222 e. The second kappa shape index (κ2) is 6.09. The standard InChI is InChI=1S/C9H6ClN3.C2H6/c10-9-12-5-3-8(13-9)7-2-1-4-11-6-7;1-2/h1-6H;1-2H3. The first kappa shape index (κ1) is 11.6. The number of aromatic nitrogens is 3. The van der Waals surface area contributed by atoms with Crippen LogP contribution in [0.3, 0.4) is 0 Å². The molecule has 2 aromatic rings. The van der Waals surface area contributed by atoms with Crippen molar-refractivity contribution in [1.29, 1.82) is 0 Å². The van der Waals surface area contributed by atoms with Crippen molar-refractivity contribution in [2.75, 3.05) is 0 Å². The second-order valence-corrected chi connectivity index (χ2v) is 2.79.